The minimum absolute atomic E-state index is 0.177. The van der Waals surface area contributed by atoms with Crippen LogP contribution in [0.1, 0.15) is 23.2 Å². The van der Waals surface area contributed by atoms with E-state index in [9.17, 15) is 4.79 Å². The van der Waals surface area contributed by atoms with Crippen LogP contribution in [0.2, 0.25) is 0 Å². The van der Waals surface area contributed by atoms with Crippen molar-refractivity contribution >= 4 is 28.5 Å². The van der Waals surface area contributed by atoms with E-state index in [2.05, 4.69) is 41.6 Å². The Morgan fingerprint density at radius 2 is 2.06 bits per heavy atom. The molecule has 1 aromatic carbocycles. The molecular formula is C14H19IN2O. The summed E-state index contributed by atoms with van der Waals surface area (Å²) in [4.78, 5) is 16.6. The first-order chi connectivity index (χ1) is 8.58. The van der Waals surface area contributed by atoms with Crippen LogP contribution >= 0.6 is 22.6 Å². The third-order valence-electron chi connectivity index (χ3n) is 3.31. The molecule has 2 rings (SSSR count). The number of nitrogens with zero attached hydrogens (tertiary/aromatic N) is 2. The fraction of sp³-hybridized carbons (Fsp3) is 0.500. The summed E-state index contributed by atoms with van der Waals surface area (Å²) >= 11 is 2.26. The Morgan fingerprint density at radius 3 is 2.67 bits per heavy atom. The van der Waals surface area contributed by atoms with Crippen molar-refractivity contribution in [3.8, 4) is 0 Å². The molecule has 1 amide bonds. The van der Waals surface area contributed by atoms with Gasteiger partial charge in [0.2, 0.25) is 0 Å². The maximum atomic E-state index is 12.5. The molecule has 1 fully saturated rings. The Kier molecular flexibility index (Phi) is 4.61. The van der Waals surface area contributed by atoms with Crippen molar-refractivity contribution in [2.24, 2.45) is 0 Å². The molecular weight excluding hydrogens is 339 g/mol. The SMILES string of the molecule is CN(C)CC1CCCN1C(=O)c1ccc(I)cc1. The van der Waals surface area contributed by atoms with Gasteiger partial charge in [-0.1, -0.05) is 0 Å². The minimum Gasteiger partial charge on any atom is -0.334 e. The van der Waals surface area contributed by atoms with Crippen molar-refractivity contribution < 1.29 is 4.79 Å². The van der Waals surface area contributed by atoms with Gasteiger partial charge in [-0.15, -0.1) is 0 Å². The van der Waals surface area contributed by atoms with Gasteiger partial charge in [-0.05, 0) is 73.8 Å². The zero-order chi connectivity index (χ0) is 13.1. The van der Waals surface area contributed by atoms with Gasteiger partial charge >= 0.3 is 0 Å². The van der Waals surface area contributed by atoms with Crippen LogP contribution in [-0.2, 0) is 0 Å². The average molecular weight is 358 g/mol. The zero-order valence-corrected chi connectivity index (χ0v) is 13.1. The monoisotopic (exact) mass is 358 g/mol. The van der Waals surface area contributed by atoms with Gasteiger partial charge in [0, 0.05) is 28.3 Å². The third kappa shape index (κ3) is 3.23. The highest BCUT2D eigenvalue weighted by Gasteiger charge is 2.29. The molecule has 1 aromatic rings. The lowest BCUT2D eigenvalue weighted by molar-refractivity contribution is 0.0716. The lowest BCUT2D eigenvalue weighted by atomic mass is 10.1. The van der Waals surface area contributed by atoms with Crippen LogP contribution in [0, 0.1) is 3.57 Å². The molecule has 0 radical (unpaired) electrons. The van der Waals surface area contributed by atoms with Crippen molar-refractivity contribution in [1.82, 2.24) is 9.80 Å². The van der Waals surface area contributed by atoms with Crippen molar-refractivity contribution in [1.29, 1.82) is 0 Å². The van der Waals surface area contributed by atoms with Gasteiger partial charge in [0.15, 0.2) is 0 Å². The summed E-state index contributed by atoms with van der Waals surface area (Å²) in [7, 11) is 4.12. The predicted octanol–water partition coefficient (Wildman–Crippen LogP) is 2.46. The normalized spacial score (nSPS) is 19.6. The number of benzene rings is 1. The third-order valence-corrected chi connectivity index (χ3v) is 4.02. The van der Waals surface area contributed by atoms with E-state index in [1.54, 1.807) is 0 Å². The Hall–Kier alpha value is -0.620. The van der Waals surface area contributed by atoms with E-state index in [-0.39, 0.29) is 5.91 Å². The second-order valence-corrected chi connectivity index (χ2v) is 6.31. The zero-order valence-electron chi connectivity index (χ0n) is 10.9. The Morgan fingerprint density at radius 1 is 1.39 bits per heavy atom. The maximum Gasteiger partial charge on any atom is 0.254 e. The van der Waals surface area contributed by atoms with Crippen LogP contribution in [-0.4, -0.2) is 48.9 Å². The quantitative estimate of drug-likeness (QED) is 0.775. The van der Waals surface area contributed by atoms with Gasteiger partial charge in [0.05, 0.1) is 0 Å². The van der Waals surface area contributed by atoms with E-state index >= 15 is 0 Å². The van der Waals surface area contributed by atoms with Crippen LogP contribution in [0.5, 0.6) is 0 Å². The van der Waals surface area contributed by atoms with E-state index in [1.165, 1.54) is 0 Å². The van der Waals surface area contributed by atoms with Crippen LogP contribution in [0.3, 0.4) is 0 Å². The van der Waals surface area contributed by atoms with Crippen LogP contribution < -0.4 is 0 Å². The topological polar surface area (TPSA) is 23.6 Å². The molecule has 0 aliphatic carbocycles. The van der Waals surface area contributed by atoms with Gasteiger partial charge in [-0.3, -0.25) is 4.79 Å². The highest BCUT2D eigenvalue weighted by molar-refractivity contribution is 14.1. The fourth-order valence-electron chi connectivity index (χ4n) is 2.47. The summed E-state index contributed by atoms with van der Waals surface area (Å²) in [5, 5.41) is 0. The molecule has 3 nitrogen and oxygen atoms in total. The first kappa shape index (κ1) is 13.8. The molecule has 0 saturated carbocycles. The number of amides is 1. The molecule has 1 unspecified atom stereocenters. The van der Waals surface area contributed by atoms with Crippen molar-refractivity contribution in [2.45, 2.75) is 18.9 Å². The van der Waals surface area contributed by atoms with Gasteiger partial charge in [0.25, 0.3) is 5.91 Å². The number of carbonyl (C=O) groups excluding carboxylic acids is 1. The molecule has 1 atom stereocenters. The number of hydrogen-bond acceptors (Lipinski definition) is 2. The molecule has 4 heteroatoms. The molecule has 0 aromatic heterocycles. The van der Waals surface area contributed by atoms with Crippen molar-refractivity contribution in [2.75, 3.05) is 27.2 Å². The minimum atomic E-state index is 0.177. The second-order valence-electron chi connectivity index (χ2n) is 5.06. The van der Waals surface area contributed by atoms with Gasteiger partial charge in [-0.2, -0.15) is 0 Å². The largest absolute Gasteiger partial charge is 0.334 e. The number of likely N-dealkylation sites (tertiary alicyclic amines) is 1. The van der Waals surface area contributed by atoms with Crippen molar-refractivity contribution in [3.63, 3.8) is 0 Å². The van der Waals surface area contributed by atoms with E-state index in [4.69, 9.17) is 0 Å². The number of halogens is 1. The molecule has 1 aliphatic heterocycles. The summed E-state index contributed by atoms with van der Waals surface area (Å²) < 4.78 is 1.16. The standard InChI is InChI=1S/C14H19IN2O/c1-16(2)10-13-4-3-9-17(13)14(18)11-5-7-12(15)8-6-11/h5-8,13H,3-4,9-10H2,1-2H3. The van der Waals surface area contributed by atoms with E-state index < -0.39 is 0 Å². The summed E-state index contributed by atoms with van der Waals surface area (Å²) in [5.41, 5.74) is 0.807. The van der Waals surface area contributed by atoms with Crippen LogP contribution in [0.15, 0.2) is 24.3 Å². The predicted molar refractivity (Wildman–Crippen MR) is 81.8 cm³/mol. The molecule has 0 spiro atoms. The van der Waals surface area contributed by atoms with Crippen molar-refractivity contribution in [3.05, 3.63) is 33.4 Å². The van der Waals surface area contributed by atoms with Gasteiger partial charge in [-0.25, -0.2) is 0 Å². The van der Waals surface area contributed by atoms with E-state index in [0.29, 0.717) is 6.04 Å². The smallest absolute Gasteiger partial charge is 0.254 e. The number of hydrogen-bond donors (Lipinski definition) is 0. The molecule has 1 heterocycles. The number of carbonyl (C=O) groups is 1. The summed E-state index contributed by atoms with van der Waals surface area (Å²) in [6, 6.07) is 8.20. The first-order valence-electron chi connectivity index (χ1n) is 6.29. The molecule has 0 N–H and O–H groups in total. The second kappa shape index (κ2) is 6.02. The van der Waals surface area contributed by atoms with E-state index in [0.717, 1.165) is 35.1 Å². The Balaban J connectivity index is 2.10. The van der Waals surface area contributed by atoms with Crippen LogP contribution in [0.25, 0.3) is 0 Å². The number of likely N-dealkylation sites (N-methyl/N-ethyl adjacent to an activating group) is 1. The summed E-state index contributed by atoms with van der Waals surface area (Å²) in [5.74, 6) is 0.177. The van der Waals surface area contributed by atoms with E-state index in [1.807, 2.05) is 29.2 Å². The lowest BCUT2D eigenvalue weighted by Crippen LogP contribution is -2.41. The summed E-state index contributed by atoms with van der Waals surface area (Å²) in [6.07, 6.45) is 2.24. The lowest BCUT2D eigenvalue weighted by Gasteiger charge is -2.27. The molecule has 1 saturated heterocycles. The highest BCUT2D eigenvalue weighted by Crippen LogP contribution is 2.21. The molecule has 0 bridgehead atoms. The van der Waals surface area contributed by atoms with Gasteiger partial charge < -0.3 is 9.80 Å². The van der Waals surface area contributed by atoms with Crippen LogP contribution in [0.4, 0.5) is 0 Å². The Bertz CT molecular complexity index is 416. The number of rotatable bonds is 3. The fourth-order valence-corrected chi connectivity index (χ4v) is 2.83. The summed E-state index contributed by atoms with van der Waals surface area (Å²) in [6.45, 7) is 1.85. The van der Waals surface area contributed by atoms with Gasteiger partial charge in [0.1, 0.15) is 0 Å². The first-order valence-corrected chi connectivity index (χ1v) is 7.37. The maximum absolute atomic E-state index is 12.5. The highest BCUT2D eigenvalue weighted by atomic mass is 127. The Labute approximate surface area is 122 Å². The average Bonchev–Trinajstić information content (AvgIpc) is 2.76. The molecule has 98 valence electrons. The molecule has 18 heavy (non-hydrogen) atoms. The molecule has 1 aliphatic rings.